The van der Waals surface area contributed by atoms with Crippen molar-refractivity contribution in [2.75, 3.05) is 38.0 Å². The Kier molecular flexibility index (Phi) is 8.92. The Bertz CT molecular complexity index is 1810. The lowest BCUT2D eigenvalue weighted by atomic mass is 10.0. The number of nitrogens with one attached hydrogen (secondary N) is 1. The fourth-order valence-electron chi connectivity index (χ4n) is 5.31. The van der Waals surface area contributed by atoms with Gasteiger partial charge in [0.15, 0.2) is 6.10 Å². The summed E-state index contributed by atoms with van der Waals surface area (Å²) in [5.74, 6) is 0.238. The molecule has 228 valence electrons. The van der Waals surface area contributed by atoms with Crippen LogP contribution in [0.1, 0.15) is 24.2 Å². The monoisotopic (exact) mass is 635 g/mol. The molecule has 0 saturated carbocycles. The van der Waals surface area contributed by atoms with E-state index < -0.39 is 18.1 Å². The van der Waals surface area contributed by atoms with E-state index in [0.29, 0.717) is 46.5 Å². The van der Waals surface area contributed by atoms with Crippen LogP contribution in [0.15, 0.2) is 67.0 Å². The fourth-order valence-corrected chi connectivity index (χ4v) is 6.64. The molecule has 3 aromatic carbocycles. The second-order valence-corrected chi connectivity index (χ2v) is 12.0. The lowest BCUT2D eigenvalue weighted by molar-refractivity contribution is -0.148. The van der Waals surface area contributed by atoms with Gasteiger partial charge in [-0.15, -0.1) is 11.3 Å². The number of benzene rings is 3. The molecule has 6 rings (SSSR count). The second-order valence-electron chi connectivity index (χ2n) is 10.6. The molecule has 1 fully saturated rings. The van der Waals surface area contributed by atoms with Crippen LogP contribution in [-0.4, -0.2) is 74.7 Å². The summed E-state index contributed by atoms with van der Waals surface area (Å²) in [5, 5.41) is 27.1. The summed E-state index contributed by atoms with van der Waals surface area (Å²) in [4.78, 5) is 26.4. The summed E-state index contributed by atoms with van der Waals surface area (Å²) in [7, 11) is 0. The van der Waals surface area contributed by atoms with Gasteiger partial charge in [0.1, 0.15) is 41.3 Å². The number of piperazine rings is 1. The summed E-state index contributed by atoms with van der Waals surface area (Å²) in [6, 6.07) is 16.8. The highest BCUT2D eigenvalue weighted by atomic mass is 35.5. The van der Waals surface area contributed by atoms with Gasteiger partial charge in [-0.05, 0) is 54.1 Å². The maximum absolute atomic E-state index is 13.5. The number of anilines is 2. The molecule has 2 atom stereocenters. The first-order chi connectivity index (χ1) is 21.3. The Labute approximate surface area is 262 Å². The van der Waals surface area contributed by atoms with Crippen LogP contribution in [0.5, 0.6) is 5.75 Å². The average molecular weight is 636 g/mol. The lowest BCUT2D eigenvalue weighted by Crippen LogP contribution is -2.52. The van der Waals surface area contributed by atoms with Crippen molar-refractivity contribution in [3.05, 3.63) is 89.0 Å². The number of rotatable bonds is 9. The first kappa shape index (κ1) is 30.2. The predicted molar refractivity (Wildman–Crippen MR) is 170 cm³/mol. The molecule has 1 amide bonds. The summed E-state index contributed by atoms with van der Waals surface area (Å²) in [6.45, 7) is 5.71. The van der Waals surface area contributed by atoms with Crippen molar-refractivity contribution < 1.29 is 24.1 Å². The number of amides is 1. The zero-order valence-corrected chi connectivity index (χ0v) is 25.5. The molecule has 44 heavy (non-hydrogen) atoms. The Morgan fingerprint density at radius 3 is 2.66 bits per heavy atom. The first-order valence-corrected chi connectivity index (χ1v) is 15.5. The number of halogens is 2. The zero-order valence-electron chi connectivity index (χ0n) is 23.9. The topological polar surface area (TPSA) is 111 Å². The third-order valence-corrected chi connectivity index (χ3v) is 9.15. The molecule has 1 aliphatic rings. The number of nitrogens with zero attached hydrogens (tertiary/aromatic N) is 4. The highest BCUT2D eigenvalue weighted by Crippen LogP contribution is 2.39. The third kappa shape index (κ3) is 6.33. The van der Waals surface area contributed by atoms with Crippen molar-refractivity contribution in [2.45, 2.75) is 25.7 Å². The van der Waals surface area contributed by atoms with Crippen LogP contribution >= 0.6 is 22.9 Å². The number of fused-ring (bicyclic) bond motifs is 3. The third-order valence-electron chi connectivity index (χ3n) is 7.80. The van der Waals surface area contributed by atoms with Gasteiger partial charge in [0.05, 0.1) is 10.4 Å². The number of hydrogen-bond donors (Lipinski definition) is 3. The molecule has 3 N–H and O–H groups in total. The average Bonchev–Trinajstić information content (AvgIpc) is 3.42. The standard InChI is InChI=1S/C32H31ClFN5O4S/c1-2-38-10-12-39(13-11-38)32(42)29(41)28(40)20-6-8-23-26(15-20)44-31-27(23)30(35-18-36-31)37-22-7-9-25(24(33)16-22)43-17-19-4-3-5-21(34)14-19/h3-9,14-16,18,28-29,40-41H,2,10-13,17H2,1H3,(H,35,36,37)/t28-,29+/m1/s1. The predicted octanol–water partition coefficient (Wildman–Crippen LogP) is 5.52. The number of thiophene rings is 1. The smallest absolute Gasteiger partial charge is 0.254 e. The van der Waals surface area contributed by atoms with E-state index in [9.17, 15) is 19.4 Å². The number of likely N-dealkylation sites (N-methyl/N-ethyl adjacent to an activating group) is 1. The second kappa shape index (κ2) is 13.0. The maximum Gasteiger partial charge on any atom is 0.254 e. The SMILES string of the molecule is CCN1CCN(C(=O)[C@@H](O)[C@H](O)c2ccc3c(c2)sc2ncnc(Nc4ccc(OCc5cccc(F)c5)c(Cl)c4)c23)CC1. The summed E-state index contributed by atoms with van der Waals surface area (Å²) < 4.78 is 20.1. The molecule has 0 unspecified atom stereocenters. The number of hydrogen-bond acceptors (Lipinski definition) is 9. The minimum atomic E-state index is -1.56. The molecule has 5 aromatic rings. The van der Waals surface area contributed by atoms with Crippen LogP contribution in [0.4, 0.5) is 15.9 Å². The van der Waals surface area contributed by atoms with E-state index in [0.717, 1.165) is 39.9 Å². The number of aliphatic hydroxyl groups is 2. The van der Waals surface area contributed by atoms with Crippen LogP contribution in [0.3, 0.4) is 0 Å². The van der Waals surface area contributed by atoms with Crippen LogP contribution < -0.4 is 10.1 Å². The van der Waals surface area contributed by atoms with Crippen molar-refractivity contribution >= 4 is 60.7 Å². The highest BCUT2D eigenvalue weighted by Gasteiger charge is 2.31. The van der Waals surface area contributed by atoms with E-state index in [1.807, 2.05) is 12.1 Å². The molecule has 3 heterocycles. The quantitative estimate of drug-likeness (QED) is 0.194. The van der Waals surface area contributed by atoms with Crippen molar-refractivity contribution in [3.8, 4) is 5.75 Å². The zero-order chi connectivity index (χ0) is 30.8. The molecule has 0 radical (unpaired) electrons. The molecule has 1 aliphatic heterocycles. The normalized spacial score (nSPS) is 15.4. The summed E-state index contributed by atoms with van der Waals surface area (Å²) in [6.07, 6.45) is -1.46. The Morgan fingerprint density at radius 1 is 1.09 bits per heavy atom. The van der Waals surface area contributed by atoms with Gasteiger partial charge in [0, 0.05) is 42.0 Å². The molecular formula is C32H31ClFN5O4S. The van der Waals surface area contributed by atoms with Crippen LogP contribution in [0.25, 0.3) is 20.3 Å². The number of aliphatic hydroxyl groups excluding tert-OH is 2. The van der Waals surface area contributed by atoms with Gasteiger partial charge in [0.25, 0.3) is 5.91 Å². The van der Waals surface area contributed by atoms with E-state index in [1.54, 1.807) is 41.3 Å². The molecule has 0 spiro atoms. The van der Waals surface area contributed by atoms with E-state index in [-0.39, 0.29) is 12.4 Å². The number of ether oxygens (including phenoxy) is 1. The van der Waals surface area contributed by atoms with Gasteiger partial charge in [-0.3, -0.25) is 4.79 Å². The van der Waals surface area contributed by atoms with E-state index in [1.165, 1.54) is 29.8 Å². The Morgan fingerprint density at radius 2 is 1.91 bits per heavy atom. The van der Waals surface area contributed by atoms with Crippen molar-refractivity contribution in [2.24, 2.45) is 0 Å². The minimum Gasteiger partial charge on any atom is -0.487 e. The minimum absolute atomic E-state index is 0.176. The molecule has 12 heteroatoms. The molecule has 1 saturated heterocycles. The van der Waals surface area contributed by atoms with Crippen molar-refractivity contribution in [1.29, 1.82) is 0 Å². The molecular weight excluding hydrogens is 605 g/mol. The van der Waals surface area contributed by atoms with Crippen molar-refractivity contribution in [3.63, 3.8) is 0 Å². The Balaban J connectivity index is 1.19. The van der Waals surface area contributed by atoms with Crippen molar-refractivity contribution in [1.82, 2.24) is 19.8 Å². The number of carbonyl (C=O) groups excluding carboxylic acids is 1. The van der Waals surface area contributed by atoms with Crippen LogP contribution in [0, 0.1) is 5.82 Å². The number of aromatic nitrogens is 2. The molecule has 9 nitrogen and oxygen atoms in total. The van der Waals surface area contributed by atoms with Gasteiger partial charge < -0.3 is 30.1 Å². The summed E-state index contributed by atoms with van der Waals surface area (Å²) >= 11 is 7.92. The largest absolute Gasteiger partial charge is 0.487 e. The van der Waals surface area contributed by atoms with Gasteiger partial charge in [-0.25, -0.2) is 14.4 Å². The van der Waals surface area contributed by atoms with E-state index in [4.69, 9.17) is 16.3 Å². The molecule has 0 aliphatic carbocycles. The van der Waals surface area contributed by atoms with Crippen LogP contribution in [0.2, 0.25) is 5.02 Å². The fraction of sp³-hybridized carbons (Fsp3) is 0.281. The molecule has 0 bridgehead atoms. The van der Waals surface area contributed by atoms with Crippen LogP contribution in [-0.2, 0) is 11.4 Å². The molecule has 2 aromatic heterocycles. The van der Waals surface area contributed by atoms with E-state index in [2.05, 4.69) is 27.1 Å². The number of carbonyl (C=O) groups is 1. The maximum atomic E-state index is 13.5. The first-order valence-electron chi connectivity index (χ1n) is 14.3. The van der Waals surface area contributed by atoms with Gasteiger partial charge in [-0.2, -0.15) is 0 Å². The van der Waals surface area contributed by atoms with E-state index >= 15 is 0 Å². The summed E-state index contributed by atoms with van der Waals surface area (Å²) in [5.41, 5.74) is 1.82. The lowest BCUT2D eigenvalue weighted by Gasteiger charge is -2.35. The van der Waals surface area contributed by atoms with Gasteiger partial charge in [0.2, 0.25) is 0 Å². The van der Waals surface area contributed by atoms with Gasteiger partial charge >= 0.3 is 0 Å². The Hall–Kier alpha value is -3.87. The van der Waals surface area contributed by atoms with Gasteiger partial charge in [-0.1, -0.05) is 42.8 Å². The highest BCUT2D eigenvalue weighted by molar-refractivity contribution is 7.25.